The number of carbonyl (C=O) groups excluding carboxylic acids is 1. The topological polar surface area (TPSA) is 103 Å². The van der Waals surface area contributed by atoms with E-state index in [1.807, 2.05) is 61.8 Å². The highest BCUT2D eigenvalue weighted by molar-refractivity contribution is 7.16. The number of aromatic nitrogens is 3. The highest BCUT2D eigenvalue weighted by Crippen LogP contribution is 2.28. The summed E-state index contributed by atoms with van der Waals surface area (Å²) in [5.41, 5.74) is 11.2. The van der Waals surface area contributed by atoms with Gasteiger partial charge in [0.15, 0.2) is 6.10 Å². The van der Waals surface area contributed by atoms with Crippen molar-refractivity contribution < 1.29 is 9.53 Å². The molecular weight excluding hydrogens is 434 g/mol. The van der Waals surface area contributed by atoms with E-state index in [1.165, 1.54) is 0 Å². The Morgan fingerprint density at radius 1 is 1.18 bits per heavy atom. The number of thiazole rings is 1. The Bertz CT molecular complexity index is 1270. The van der Waals surface area contributed by atoms with Crippen molar-refractivity contribution in [3.05, 3.63) is 65.4 Å². The number of carbonyl (C=O) groups is 1. The van der Waals surface area contributed by atoms with Crippen molar-refractivity contribution in [2.24, 2.45) is 5.73 Å². The fourth-order valence-corrected chi connectivity index (χ4v) is 4.37. The van der Waals surface area contributed by atoms with Gasteiger partial charge in [0.1, 0.15) is 17.4 Å². The first-order valence-corrected chi connectivity index (χ1v) is 11.8. The lowest BCUT2D eigenvalue weighted by molar-refractivity contribution is -0.125. The van der Waals surface area contributed by atoms with Crippen LogP contribution in [-0.2, 0) is 4.79 Å². The van der Waals surface area contributed by atoms with Crippen LogP contribution in [0.2, 0.25) is 0 Å². The van der Waals surface area contributed by atoms with Gasteiger partial charge in [0.05, 0.1) is 27.5 Å². The molecule has 4 aromatic rings. The predicted molar refractivity (Wildman–Crippen MR) is 132 cm³/mol. The number of hydrogen-bond donors (Lipinski definition) is 2. The molecule has 0 aliphatic rings. The molecule has 0 bridgehead atoms. The molecule has 7 nitrogen and oxygen atoms in total. The standard InChI is InChI=1S/C25H27N5O2S/c1-4-6-22(25(26)31)32-19-8-5-7-17(11-19)15(2)28-24-13-21(29-16(3)30-24)18-9-10-20-23(12-18)33-14-27-20/h5,7-15,22H,4,6H2,1-3H3,(H2,26,31)(H,28,29,30). The molecule has 0 fully saturated rings. The summed E-state index contributed by atoms with van der Waals surface area (Å²) in [4.78, 5) is 25.2. The first-order chi connectivity index (χ1) is 15.9. The molecule has 0 spiro atoms. The Hall–Kier alpha value is -3.52. The molecule has 2 aromatic heterocycles. The number of nitrogens with one attached hydrogen (secondary N) is 1. The number of anilines is 1. The van der Waals surface area contributed by atoms with Gasteiger partial charge in [-0.15, -0.1) is 11.3 Å². The molecular formula is C25H27N5O2S. The fourth-order valence-electron chi connectivity index (χ4n) is 3.65. The van der Waals surface area contributed by atoms with E-state index >= 15 is 0 Å². The van der Waals surface area contributed by atoms with Crippen molar-refractivity contribution in [3.8, 4) is 17.0 Å². The van der Waals surface area contributed by atoms with Crippen molar-refractivity contribution in [2.75, 3.05) is 5.32 Å². The minimum Gasteiger partial charge on any atom is -0.481 e. The van der Waals surface area contributed by atoms with Gasteiger partial charge in [0.25, 0.3) is 5.91 Å². The second-order valence-electron chi connectivity index (χ2n) is 7.96. The Morgan fingerprint density at radius 3 is 2.82 bits per heavy atom. The Balaban J connectivity index is 1.54. The molecule has 2 atom stereocenters. The lowest BCUT2D eigenvalue weighted by Crippen LogP contribution is -2.33. The quantitative estimate of drug-likeness (QED) is 0.352. The summed E-state index contributed by atoms with van der Waals surface area (Å²) in [6.07, 6.45) is 0.775. The summed E-state index contributed by atoms with van der Waals surface area (Å²) in [6, 6.07) is 15.7. The third kappa shape index (κ3) is 5.46. The Kier molecular flexibility index (Phi) is 6.84. The zero-order valence-corrected chi connectivity index (χ0v) is 19.7. The van der Waals surface area contributed by atoms with Gasteiger partial charge in [0.2, 0.25) is 0 Å². The van der Waals surface area contributed by atoms with E-state index in [4.69, 9.17) is 10.5 Å². The van der Waals surface area contributed by atoms with E-state index < -0.39 is 12.0 Å². The molecule has 1 amide bonds. The van der Waals surface area contributed by atoms with Gasteiger partial charge in [0, 0.05) is 11.6 Å². The molecule has 0 aliphatic carbocycles. The smallest absolute Gasteiger partial charge is 0.258 e. The van der Waals surface area contributed by atoms with Crippen LogP contribution in [0.4, 0.5) is 5.82 Å². The summed E-state index contributed by atoms with van der Waals surface area (Å²) >= 11 is 1.61. The second-order valence-corrected chi connectivity index (χ2v) is 8.84. The number of fused-ring (bicyclic) bond motifs is 1. The molecule has 2 aromatic carbocycles. The summed E-state index contributed by atoms with van der Waals surface area (Å²) < 4.78 is 6.98. The highest BCUT2D eigenvalue weighted by atomic mass is 32.1. The molecule has 0 saturated carbocycles. The molecule has 0 saturated heterocycles. The van der Waals surface area contributed by atoms with Gasteiger partial charge < -0.3 is 15.8 Å². The van der Waals surface area contributed by atoms with Crippen LogP contribution in [0.3, 0.4) is 0 Å². The van der Waals surface area contributed by atoms with Crippen LogP contribution in [-0.4, -0.2) is 27.0 Å². The normalized spacial score (nSPS) is 12.9. The van der Waals surface area contributed by atoms with Crippen molar-refractivity contribution in [1.82, 2.24) is 15.0 Å². The van der Waals surface area contributed by atoms with Crippen LogP contribution in [0.25, 0.3) is 21.5 Å². The van der Waals surface area contributed by atoms with Crippen LogP contribution >= 0.6 is 11.3 Å². The molecule has 3 N–H and O–H groups in total. The molecule has 4 rings (SSSR count). The largest absolute Gasteiger partial charge is 0.481 e. The first kappa shape index (κ1) is 22.7. The number of ether oxygens (including phenoxy) is 1. The number of hydrogen-bond acceptors (Lipinski definition) is 7. The predicted octanol–water partition coefficient (Wildman–Crippen LogP) is 5.27. The zero-order valence-electron chi connectivity index (χ0n) is 18.9. The van der Waals surface area contributed by atoms with Crippen molar-refractivity contribution in [3.63, 3.8) is 0 Å². The average Bonchev–Trinajstić information content (AvgIpc) is 3.26. The van der Waals surface area contributed by atoms with Crippen LogP contribution in [0.5, 0.6) is 5.75 Å². The number of benzene rings is 2. The van der Waals surface area contributed by atoms with Crippen LogP contribution in [0, 0.1) is 6.92 Å². The highest BCUT2D eigenvalue weighted by Gasteiger charge is 2.17. The summed E-state index contributed by atoms with van der Waals surface area (Å²) in [7, 11) is 0. The van der Waals surface area contributed by atoms with Crippen molar-refractivity contribution in [1.29, 1.82) is 0 Å². The van der Waals surface area contributed by atoms with Gasteiger partial charge in [-0.25, -0.2) is 15.0 Å². The second kappa shape index (κ2) is 9.95. The summed E-state index contributed by atoms with van der Waals surface area (Å²) in [5, 5.41) is 3.46. The minimum atomic E-state index is -0.628. The van der Waals surface area contributed by atoms with Gasteiger partial charge >= 0.3 is 0 Å². The molecule has 0 aliphatic heterocycles. The van der Waals surface area contributed by atoms with Gasteiger partial charge in [-0.05, 0) is 50.1 Å². The lowest BCUT2D eigenvalue weighted by atomic mass is 10.1. The molecule has 8 heteroatoms. The summed E-state index contributed by atoms with van der Waals surface area (Å²) in [6.45, 7) is 5.93. The molecule has 170 valence electrons. The number of primary amides is 1. The minimum absolute atomic E-state index is 0.0436. The molecule has 2 unspecified atom stereocenters. The van der Waals surface area contributed by atoms with E-state index in [1.54, 1.807) is 11.3 Å². The average molecular weight is 462 g/mol. The number of aryl methyl sites for hydroxylation is 1. The zero-order chi connectivity index (χ0) is 23.4. The van der Waals surface area contributed by atoms with E-state index in [0.29, 0.717) is 18.0 Å². The maximum absolute atomic E-state index is 11.7. The summed E-state index contributed by atoms with van der Waals surface area (Å²) in [5.74, 6) is 1.60. The Morgan fingerprint density at radius 2 is 2.03 bits per heavy atom. The number of nitrogens with zero attached hydrogens (tertiary/aromatic N) is 3. The third-order valence-electron chi connectivity index (χ3n) is 5.33. The van der Waals surface area contributed by atoms with E-state index in [2.05, 4.69) is 33.3 Å². The van der Waals surface area contributed by atoms with Gasteiger partial charge in [-0.3, -0.25) is 4.79 Å². The van der Waals surface area contributed by atoms with Crippen LogP contribution < -0.4 is 15.8 Å². The fraction of sp³-hybridized carbons (Fsp3) is 0.280. The number of rotatable bonds is 9. The molecule has 0 radical (unpaired) electrons. The molecule has 2 heterocycles. The van der Waals surface area contributed by atoms with Crippen LogP contribution in [0.15, 0.2) is 54.0 Å². The van der Waals surface area contributed by atoms with Gasteiger partial charge in [-0.1, -0.05) is 31.5 Å². The first-order valence-electron chi connectivity index (χ1n) is 10.9. The van der Waals surface area contributed by atoms with Crippen molar-refractivity contribution >= 4 is 33.3 Å². The number of amides is 1. The molecule has 33 heavy (non-hydrogen) atoms. The maximum atomic E-state index is 11.7. The van der Waals surface area contributed by atoms with Crippen molar-refractivity contribution in [2.45, 2.75) is 45.8 Å². The Labute approximate surface area is 197 Å². The van der Waals surface area contributed by atoms with E-state index in [0.717, 1.165) is 39.3 Å². The van der Waals surface area contributed by atoms with E-state index in [-0.39, 0.29) is 6.04 Å². The third-order valence-corrected chi connectivity index (χ3v) is 6.13. The van der Waals surface area contributed by atoms with E-state index in [9.17, 15) is 4.79 Å². The lowest BCUT2D eigenvalue weighted by Gasteiger charge is -2.19. The van der Waals surface area contributed by atoms with Crippen LogP contribution in [0.1, 0.15) is 44.1 Å². The monoisotopic (exact) mass is 461 g/mol. The number of nitrogens with two attached hydrogens (primary N) is 1. The van der Waals surface area contributed by atoms with Gasteiger partial charge in [-0.2, -0.15) is 0 Å². The SMILES string of the molecule is CCCC(Oc1cccc(C(C)Nc2cc(-c3ccc4ncsc4c3)nc(C)n2)c1)C(N)=O. The maximum Gasteiger partial charge on any atom is 0.258 e.